The summed E-state index contributed by atoms with van der Waals surface area (Å²) in [5, 5.41) is 0. The molecule has 0 aromatic rings. The summed E-state index contributed by atoms with van der Waals surface area (Å²) in [4.78, 5) is 24.9. The van der Waals surface area contributed by atoms with Gasteiger partial charge in [0, 0.05) is 25.6 Å². The van der Waals surface area contributed by atoms with Crippen LogP contribution in [0.25, 0.3) is 0 Å². The monoisotopic (exact) mass is 267 g/mol. The Labute approximate surface area is 115 Å². The van der Waals surface area contributed by atoms with Crippen LogP contribution >= 0.6 is 0 Å². The molecule has 0 N–H and O–H groups in total. The zero-order valence-corrected chi connectivity index (χ0v) is 12.1. The summed E-state index contributed by atoms with van der Waals surface area (Å²) in [6.45, 7) is 5.65. The molecule has 1 atom stereocenters. The Balaban J connectivity index is 2.40. The van der Waals surface area contributed by atoms with E-state index in [9.17, 15) is 9.59 Å². The van der Waals surface area contributed by atoms with Crippen LogP contribution in [0.4, 0.5) is 0 Å². The fourth-order valence-electron chi connectivity index (χ4n) is 2.45. The molecule has 4 nitrogen and oxygen atoms in total. The number of carbonyl (C=O) groups excluding carboxylic acids is 2. The molecule has 1 rings (SSSR count). The number of likely N-dealkylation sites (tertiary alicyclic amines) is 1. The minimum atomic E-state index is -0.339. The first kappa shape index (κ1) is 15.7. The van der Waals surface area contributed by atoms with Gasteiger partial charge in [0.15, 0.2) is 0 Å². The summed E-state index contributed by atoms with van der Waals surface area (Å²) in [5.41, 5.74) is 0. The normalized spacial score (nSPS) is 20.6. The molecule has 4 heteroatoms. The second kappa shape index (κ2) is 8.73. The van der Waals surface area contributed by atoms with Gasteiger partial charge in [0.2, 0.25) is 5.91 Å². The number of ether oxygens (including phenoxy) is 1. The number of rotatable bonds is 6. The maximum absolute atomic E-state index is 11.9. The number of carbonyl (C=O) groups is 2. The van der Waals surface area contributed by atoms with Crippen molar-refractivity contribution in [3.63, 3.8) is 0 Å². The van der Waals surface area contributed by atoms with Crippen molar-refractivity contribution in [1.82, 2.24) is 4.90 Å². The zero-order chi connectivity index (χ0) is 14.1. The average molecular weight is 267 g/mol. The number of hydrogen-bond donors (Lipinski definition) is 0. The van der Waals surface area contributed by atoms with E-state index in [2.05, 4.69) is 6.92 Å². The van der Waals surface area contributed by atoms with Crippen LogP contribution in [-0.4, -0.2) is 36.5 Å². The molecular weight excluding hydrogens is 242 g/mol. The second-order valence-electron chi connectivity index (χ2n) is 4.98. The third-order valence-corrected chi connectivity index (χ3v) is 3.49. The first-order valence-corrected chi connectivity index (χ1v) is 7.28. The highest BCUT2D eigenvalue weighted by atomic mass is 16.5. The van der Waals surface area contributed by atoms with E-state index in [1.165, 1.54) is 18.9 Å². The molecule has 0 radical (unpaired) electrons. The molecule has 1 unspecified atom stereocenters. The van der Waals surface area contributed by atoms with Gasteiger partial charge in [-0.15, -0.1) is 0 Å². The van der Waals surface area contributed by atoms with Gasteiger partial charge < -0.3 is 9.64 Å². The van der Waals surface area contributed by atoms with Crippen molar-refractivity contribution in [2.24, 2.45) is 5.92 Å². The van der Waals surface area contributed by atoms with Crippen LogP contribution in [0, 0.1) is 5.92 Å². The Morgan fingerprint density at radius 2 is 2.21 bits per heavy atom. The summed E-state index contributed by atoms with van der Waals surface area (Å²) in [7, 11) is 0. The van der Waals surface area contributed by atoms with Gasteiger partial charge in [-0.05, 0) is 25.7 Å². The molecule has 0 spiro atoms. The van der Waals surface area contributed by atoms with Gasteiger partial charge in [0.05, 0.1) is 6.61 Å². The number of nitrogens with zero attached hydrogens (tertiary/aromatic N) is 1. The predicted molar refractivity (Wildman–Crippen MR) is 74.6 cm³/mol. The first-order chi connectivity index (χ1) is 9.17. The van der Waals surface area contributed by atoms with Crippen molar-refractivity contribution in [2.75, 3.05) is 19.7 Å². The van der Waals surface area contributed by atoms with E-state index < -0.39 is 0 Å². The SMILES string of the molecule is CCCC1CCC(=O)N(C/C=C/C(=O)OCC)CC1. The number of amides is 1. The third-order valence-electron chi connectivity index (χ3n) is 3.49. The van der Waals surface area contributed by atoms with E-state index in [1.807, 2.05) is 4.90 Å². The lowest BCUT2D eigenvalue weighted by Crippen LogP contribution is -2.30. The Morgan fingerprint density at radius 1 is 1.42 bits per heavy atom. The summed E-state index contributed by atoms with van der Waals surface area (Å²) < 4.78 is 4.80. The van der Waals surface area contributed by atoms with E-state index in [0.717, 1.165) is 19.4 Å². The van der Waals surface area contributed by atoms with Crippen LogP contribution in [-0.2, 0) is 14.3 Å². The van der Waals surface area contributed by atoms with Gasteiger partial charge in [-0.1, -0.05) is 25.8 Å². The fourth-order valence-corrected chi connectivity index (χ4v) is 2.45. The maximum atomic E-state index is 11.9. The van der Waals surface area contributed by atoms with Gasteiger partial charge in [0.1, 0.15) is 0 Å². The first-order valence-electron chi connectivity index (χ1n) is 7.28. The Bertz CT molecular complexity index is 325. The standard InChI is InChI=1S/C15H25NO3/c1-3-6-13-8-9-14(17)16(12-10-13)11-5-7-15(18)19-4-2/h5,7,13H,3-4,6,8-12H2,1-2H3/b7-5+. The van der Waals surface area contributed by atoms with E-state index >= 15 is 0 Å². The molecule has 1 aliphatic rings. The van der Waals surface area contributed by atoms with Crippen LogP contribution in [0.5, 0.6) is 0 Å². The van der Waals surface area contributed by atoms with Gasteiger partial charge in [-0.25, -0.2) is 4.79 Å². The maximum Gasteiger partial charge on any atom is 0.330 e. The van der Waals surface area contributed by atoms with Crippen molar-refractivity contribution in [3.8, 4) is 0 Å². The Kier molecular flexibility index (Phi) is 7.23. The van der Waals surface area contributed by atoms with Crippen LogP contribution in [0.3, 0.4) is 0 Å². The molecular formula is C15H25NO3. The molecule has 1 heterocycles. The van der Waals surface area contributed by atoms with Crippen molar-refractivity contribution in [1.29, 1.82) is 0 Å². The van der Waals surface area contributed by atoms with Crippen molar-refractivity contribution in [2.45, 2.75) is 46.0 Å². The summed E-state index contributed by atoms with van der Waals surface area (Å²) in [6.07, 6.45) is 8.23. The van der Waals surface area contributed by atoms with Crippen LogP contribution in [0.1, 0.15) is 46.0 Å². The fraction of sp³-hybridized carbons (Fsp3) is 0.733. The van der Waals surface area contributed by atoms with Crippen LogP contribution in [0.15, 0.2) is 12.2 Å². The van der Waals surface area contributed by atoms with E-state index in [0.29, 0.717) is 25.5 Å². The smallest absolute Gasteiger partial charge is 0.330 e. The molecule has 0 aromatic heterocycles. The van der Waals surface area contributed by atoms with Gasteiger partial charge in [-0.3, -0.25) is 4.79 Å². The molecule has 1 saturated heterocycles. The molecule has 0 aromatic carbocycles. The molecule has 0 bridgehead atoms. The Hall–Kier alpha value is -1.32. The number of hydrogen-bond acceptors (Lipinski definition) is 3. The van der Waals surface area contributed by atoms with Gasteiger partial charge in [-0.2, -0.15) is 0 Å². The molecule has 108 valence electrons. The highest BCUT2D eigenvalue weighted by Gasteiger charge is 2.20. The van der Waals surface area contributed by atoms with Crippen molar-refractivity contribution >= 4 is 11.9 Å². The second-order valence-corrected chi connectivity index (χ2v) is 4.98. The average Bonchev–Trinajstić information content (AvgIpc) is 2.55. The van der Waals surface area contributed by atoms with Crippen molar-refractivity contribution < 1.29 is 14.3 Å². The lowest BCUT2D eigenvalue weighted by atomic mass is 9.96. The topological polar surface area (TPSA) is 46.6 Å². The minimum Gasteiger partial charge on any atom is -0.463 e. The quantitative estimate of drug-likeness (QED) is 0.549. The highest BCUT2D eigenvalue weighted by molar-refractivity contribution is 5.82. The van der Waals surface area contributed by atoms with Gasteiger partial charge in [0.25, 0.3) is 0 Å². The molecule has 19 heavy (non-hydrogen) atoms. The van der Waals surface area contributed by atoms with Crippen LogP contribution in [0.2, 0.25) is 0 Å². The minimum absolute atomic E-state index is 0.201. The molecule has 1 fully saturated rings. The largest absolute Gasteiger partial charge is 0.463 e. The van der Waals surface area contributed by atoms with E-state index in [1.54, 1.807) is 13.0 Å². The Morgan fingerprint density at radius 3 is 2.89 bits per heavy atom. The lowest BCUT2D eigenvalue weighted by Gasteiger charge is -2.18. The van der Waals surface area contributed by atoms with Crippen LogP contribution < -0.4 is 0 Å². The lowest BCUT2D eigenvalue weighted by molar-refractivity contribution is -0.137. The van der Waals surface area contributed by atoms with Gasteiger partial charge >= 0.3 is 5.97 Å². The zero-order valence-electron chi connectivity index (χ0n) is 12.1. The van der Waals surface area contributed by atoms with E-state index in [4.69, 9.17) is 4.74 Å². The molecule has 1 amide bonds. The molecule has 0 aliphatic carbocycles. The molecule has 0 saturated carbocycles. The summed E-state index contributed by atoms with van der Waals surface area (Å²) in [5.74, 6) is 0.536. The van der Waals surface area contributed by atoms with E-state index in [-0.39, 0.29) is 11.9 Å². The predicted octanol–water partition coefficient (Wildman–Crippen LogP) is 2.53. The summed E-state index contributed by atoms with van der Waals surface area (Å²) >= 11 is 0. The highest BCUT2D eigenvalue weighted by Crippen LogP contribution is 2.22. The number of esters is 1. The van der Waals surface area contributed by atoms with Crippen molar-refractivity contribution in [3.05, 3.63) is 12.2 Å². The summed E-state index contributed by atoms with van der Waals surface area (Å²) in [6, 6.07) is 0. The molecule has 1 aliphatic heterocycles. The third kappa shape index (κ3) is 5.90.